The Morgan fingerprint density at radius 1 is 0.400 bits per heavy atom. The lowest BCUT2D eigenvalue weighted by Gasteiger charge is -2.23. The number of carboxylic acids is 3. The Morgan fingerprint density at radius 2 is 0.767 bits per heavy atom. The fourth-order valence-electron chi connectivity index (χ4n) is 6.53. The summed E-state index contributed by atoms with van der Waals surface area (Å²) in [5.41, 5.74) is -3.86. The van der Waals surface area contributed by atoms with Crippen LogP contribution in [0, 0.1) is 0 Å². The van der Waals surface area contributed by atoms with E-state index in [1.165, 1.54) is 0 Å². The number of H-pyrrole nitrogens is 3. The third-order valence-corrected chi connectivity index (χ3v) is 8.36. The molecule has 3 aromatic heterocycles. The fraction of sp³-hybridized carbons (Fsp3) is 0.154. The fourth-order valence-corrected chi connectivity index (χ4v) is 6.53. The quantitative estimate of drug-likeness (QED) is 0.0730. The molecule has 308 valence electrons. The molecule has 0 amide bonds. The van der Waals surface area contributed by atoms with Crippen LogP contribution in [0.3, 0.4) is 0 Å². The average Bonchev–Trinajstić information content (AvgIpc) is 3.86. The summed E-state index contributed by atoms with van der Waals surface area (Å²) in [4.78, 5) is 122. The number of nitrogens with one attached hydrogen (secondary N) is 3. The zero-order chi connectivity index (χ0) is 44.1. The number of aromatic nitrogens is 3. The van der Waals surface area contributed by atoms with Crippen molar-refractivity contribution in [1.82, 2.24) is 15.0 Å². The van der Waals surface area contributed by atoms with E-state index in [1.54, 1.807) is 0 Å². The van der Waals surface area contributed by atoms with Crippen molar-refractivity contribution < 1.29 is 86.9 Å². The maximum atomic E-state index is 13.1. The zero-order valence-corrected chi connectivity index (χ0v) is 31.9. The number of carbonyl (C=O) groups excluding carboxylic acids is 6. The second-order valence-electron chi connectivity index (χ2n) is 12.8. The molecule has 6 N–H and O–H groups in total. The summed E-state index contributed by atoms with van der Waals surface area (Å²) >= 11 is 0. The van der Waals surface area contributed by atoms with Crippen LogP contribution < -0.4 is 28.4 Å². The molecule has 0 atom stereocenters. The van der Waals surface area contributed by atoms with Crippen molar-refractivity contribution in [2.75, 3.05) is 0 Å². The molecule has 0 spiro atoms. The van der Waals surface area contributed by atoms with Gasteiger partial charge >= 0.3 is 53.7 Å². The van der Waals surface area contributed by atoms with Crippen molar-refractivity contribution in [1.29, 1.82) is 0 Å². The Morgan fingerprint density at radius 3 is 1.27 bits per heavy atom. The molecule has 21 heteroatoms. The first-order valence-electron chi connectivity index (χ1n) is 17.1. The molecule has 0 aliphatic carbocycles. The van der Waals surface area contributed by atoms with E-state index in [2.05, 4.69) is 15.0 Å². The molecule has 3 heterocycles. The molecule has 6 rings (SSSR count). The molecule has 0 fully saturated rings. The van der Waals surface area contributed by atoms with E-state index in [9.17, 15) is 58.5 Å². The minimum Gasteiger partial charge on any atom is -0.477 e. The lowest BCUT2D eigenvalue weighted by atomic mass is 9.90. The van der Waals surface area contributed by atoms with Crippen LogP contribution in [0.4, 0.5) is 0 Å². The largest absolute Gasteiger partial charge is 0.477 e. The van der Waals surface area contributed by atoms with Crippen LogP contribution in [-0.2, 0) is 28.8 Å². The Balaban J connectivity index is 2.01. The number of aromatic carboxylic acids is 3. The molecule has 60 heavy (non-hydrogen) atoms. The van der Waals surface area contributed by atoms with E-state index >= 15 is 0 Å². The molecular formula is C39H29N3O18. The topological polar surface area (TPSA) is 317 Å². The Hall–Kier alpha value is -8.49. The predicted octanol–water partition coefficient (Wildman–Crippen LogP) is 5.11. The van der Waals surface area contributed by atoms with E-state index < -0.39 is 128 Å². The number of rotatable bonds is 11. The van der Waals surface area contributed by atoms with Crippen LogP contribution in [0.1, 0.15) is 73.0 Å². The van der Waals surface area contributed by atoms with Gasteiger partial charge in [0.25, 0.3) is 0 Å². The Kier molecular flexibility index (Phi) is 10.6. The van der Waals surface area contributed by atoms with Gasteiger partial charge in [-0.2, -0.15) is 0 Å². The van der Waals surface area contributed by atoms with Gasteiger partial charge in [0.15, 0.2) is 34.5 Å². The molecule has 0 aliphatic heterocycles. The standard InChI is InChI=1S/C39H29N3O18/c1-12(43)55-25-8-18-7-22(37(49)50)41-31(18)29(34(25)58-15(4)46)28-20-10-24(39(53)54)42-32(20)30(36(60-17(6)48)35(28)59-16(5)47)27-19-9-23(38(51)52)40-21(19)11-26(56-13(2)44)33(27)57-14(3)45/h7-11,40-42H,1-6H3,(H,49,50)(H,51,52)(H,53,54). The van der Waals surface area contributed by atoms with Crippen LogP contribution in [0.25, 0.3) is 55.0 Å². The number of aromatic amines is 3. The van der Waals surface area contributed by atoms with Gasteiger partial charge in [0.1, 0.15) is 17.1 Å². The monoisotopic (exact) mass is 827 g/mol. The Labute approximate surface area is 333 Å². The minimum absolute atomic E-state index is 0.00922. The maximum absolute atomic E-state index is 13.1. The van der Waals surface area contributed by atoms with Crippen LogP contribution in [0.15, 0.2) is 30.3 Å². The van der Waals surface area contributed by atoms with Crippen molar-refractivity contribution >= 4 is 86.4 Å². The smallest absolute Gasteiger partial charge is 0.352 e. The number of carbonyl (C=O) groups is 9. The zero-order valence-electron chi connectivity index (χ0n) is 31.9. The third kappa shape index (κ3) is 7.64. The van der Waals surface area contributed by atoms with E-state index in [0.717, 1.165) is 71.9 Å². The number of ether oxygens (including phenoxy) is 6. The van der Waals surface area contributed by atoms with Gasteiger partial charge < -0.3 is 58.7 Å². The summed E-state index contributed by atoms with van der Waals surface area (Å²) < 4.78 is 33.5. The SMILES string of the molecule is CC(=O)Oc1cc2[nH]c(C(=O)O)cc2c(-c2c(OC(C)=O)c(OC(C)=O)c(-c3c(OC(C)=O)c(OC(C)=O)cc4cc(C(=O)O)[nH]c34)c3cc(C(=O)O)[nH]c23)c1OC(C)=O. The summed E-state index contributed by atoms with van der Waals surface area (Å²) in [5, 5.41) is 29.9. The highest BCUT2D eigenvalue weighted by atomic mass is 16.6. The van der Waals surface area contributed by atoms with Crippen molar-refractivity contribution in [2.45, 2.75) is 41.5 Å². The summed E-state index contributed by atoms with van der Waals surface area (Å²) in [7, 11) is 0. The van der Waals surface area contributed by atoms with Crippen molar-refractivity contribution in [3.63, 3.8) is 0 Å². The highest BCUT2D eigenvalue weighted by Gasteiger charge is 2.36. The van der Waals surface area contributed by atoms with Crippen LogP contribution >= 0.6 is 0 Å². The average molecular weight is 828 g/mol. The number of fused-ring (bicyclic) bond motifs is 3. The first-order valence-corrected chi connectivity index (χ1v) is 17.1. The number of hydrogen-bond donors (Lipinski definition) is 6. The summed E-state index contributed by atoms with van der Waals surface area (Å²) in [5.74, 6) is -14.4. The van der Waals surface area contributed by atoms with Gasteiger partial charge in [-0.15, -0.1) is 0 Å². The molecule has 0 radical (unpaired) electrons. The van der Waals surface area contributed by atoms with E-state index in [4.69, 9.17) is 28.4 Å². The Bertz CT molecular complexity index is 2760. The highest BCUT2D eigenvalue weighted by Crippen LogP contribution is 2.59. The van der Waals surface area contributed by atoms with Gasteiger partial charge in [0.2, 0.25) is 0 Å². The van der Waals surface area contributed by atoms with Gasteiger partial charge in [0.05, 0.1) is 27.7 Å². The van der Waals surface area contributed by atoms with Gasteiger partial charge in [0, 0.05) is 74.9 Å². The first kappa shape index (κ1) is 41.2. The lowest BCUT2D eigenvalue weighted by Crippen LogP contribution is -2.12. The highest BCUT2D eigenvalue weighted by molar-refractivity contribution is 6.20. The molecule has 3 aromatic carbocycles. The molecule has 0 saturated carbocycles. The van der Waals surface area contributed by atoms with Crippen molar-refractivity contribution in [3.05, 3.63) is 47.4 Å². The van der Waals surface area contributed by atoms with Crippen LogP contribution in [0.2, 0.25) is 0 Å². The molecule has 21 nitrogen and oxygen atoms in total. The number of carboxylic acid groups (broad SMARTS) is 3. The summed E-state index contributed by atoms with van der Waals surface area (Å²) in [6.45, 7) is 5.80. The molecular weight excluding hydrogens is 798 g/mol. The van der Waals surface area contributed by atoms with Gasteiger partial charge in [-0.1, -0.05) is 0 Å². The van der Waals surface area contributed by atoms with Gasteiger partial charge in [-0.25, -0.2) is 14.4 Å². The van der Waals surface area contributed by atoms with Crippen molar-refractivity contribution in [3.8, 4) is 56.8 Å². The first-order chi connectivity index (χ1) is 28.2. The maximum Gasteiger partial charge on any atom is 0.352 e. The number of esters is 6. The number of benzene rings is 3. The lowest BCUT2D eigenvalue weighted by molar-refractivity contribution is -0.134. The van der Waals surface area contributed by atoms with Gasteiger partial charge in [-0.05, 0) is 24.3 Å². The second kappa shape index (κ2) is 15.5. The van der Waals surface area contributed by atoms with Gasteiger partial charge in [-0.3, -0.25) is 28.8 Å². The minimum atomic E-state index is -1.60. The molecule has 0 saturated heterocycles. The molecule has 0 bridgehead atoms. The molecule has 6 aromatic rings. The normalized spacial score (nSPS) is 11.0. The van der Waals surface area contributed by atoms with E-state index in [0.29, 0.717) is 0 Å². The predicted molar refractivity (Wildman–Crippen MR) is 202 cm³/mol. The van der Waals surface area contributed by atoms with E-state index in [1.807, 2.05) is 0 Å². The second-order valence-corrected chi connectivity index (χ2v) is 12.8. The summed E-state index contributed by atoms with van der Waals surface area (Å²) in [6.07, 6.45) is 0. The van der Waals surface area contributed by atoms with E-state index in [-0.39, 0.29) is 32.7 Å². The van der Waals surface area contributed by atoms with Crippen LogP contribution in [0.5, 0.6) is 34.5 Å². The number of hydrogen-bond acceptors (Lipinski definition) is 15. The molecule has 0 aliphatic rings. The molecule has 0 unspecified atom stereocenters. The summed E-state index contributed by atoms with van der Waals surface area (Å²) in [6, 6.07) is 5.46. The third-order valence-electron chi connectivity index (χ3n) is 8.36. The van der Waals surface area contributed by atoms with Crippen molar-refractivity contribution in [2.24, 2.45) is 0 Å². The van der Waals surface area contributed by atoms with Crippen LogP contribution in [-0.4, -0.2) is 84.0 Å².